The highest BCUT2D eigenvalue weighted by Crippen LogP contribution is 2.35. The van der Waals surface area contributed by atoms with Crippen LogP contribution in [0.3, 0.4) is 0 Å². The van der Waals surface area contributed by atoms with Gasteiger partial charge in [-0.3, -0.25) is 5.10 Å². The molecule has 0 bridgehead atoms. The zero-order valence-corrected chi connectivity index (χ0v) is 11.2. The average molecular weight is 269 g/mol. The van der Waals surface area contributed by atoms with Gasteiger partial charge in [0.1, 0.15) is 11.1 Å². The van der Waals surface area contributed by atoms with Crippen LogP contribution in [-0.2, 0) is 9.84 Å². The third kappa shape index (κ3) is 2.18. The molecule has 1 aromatic heterocycles. The number of H-pyrrole nitrogens is 1. The molecule has 0 amide bonds. The van der Waals surface area contributed by atoms with Gasteiger partial charge in [0.2, 0.25) is 0 Å². The molecule has 1 N–H and O–H groups in total. The third-order valence-corrected chi connectivity index (χ3v) is 6.31. The monoisotopic (exact) mass is 269 g/mol. The zero-order chi connectivity index (χ0) is 12.6. The highest BCUT2D eigenvalue weighted by atomic mass is 32.2. The third-order valence-electron chi connectivity index (χ3n) is 4.12. The van der Waals surface area contributed by atoms with Gasteiger partial charge < -0.3 is 0 Å². The second-order valence-electron chi connectivity index (χ2n) is 5.41. The molecule has 1 unspecified atom stereocenters. The molecule has 1 atom stereocenters. The lowest BCUT2D eigenvalue weighted by molar-refractivity contribution is 0.538. The lowest BCUT2D eigenvalue weighted by Gasteiger charge is -2.19. The van der Waals surface area contributed by atoms with Gasteiger partial charge in [0.25, 0.3) is 0 Å². The van der Waals surface area contributed by atoms with Crippen molar-refractivity contribution in [2.75, 3.05) is 5.75 Å². The molecule has 2 heterocycles. The van der Waals surface area contributed by atoms with E-state index >= 15 is 0 Å². The van der Waals surface area contributed by atoms with Crippen molar-refractivity contribution in [1.82, 2.24) is 15.2 Å². The fourth-order valence-corrected chi connectivity index (χ4v) is 4.92. The summed E-state index contributed by atoms with van der Waals surface area (Å²) in [6, 6.07) is 0. The summed E-state index contributed by atoms with van der Waals surface area (Å²) in [5.74, 6) is 2.11. The first-order valence-corrected chi connectivity index (χ1v) is 8.52. The molecule has 1 aromatic rings. The fourth-order valence-electron chi connectivity index (χ4n) is 3.06. The summed E-state index contributed by atoms with van der Waals surface area (Å²) >= 11 is 0. The van der Waals surface area contributed by atoms with E-state index in [1.165, 1.54) is 12.8 Å². The van der Waals surface area contributed by atoms with Crippen molar-refractivity contribution in [2.45, 2.75) is 56.1 Å². The standard InChI is InChI=1S/C12H19N3O2S/c16-18(17)8-4-3-7-10(18)12-13-11(14-15-12)9-5-1-2-6-9/h9-10H,1-8H2,(H,13,14,15). The molecule has 1 saturated heterocycles. The Morgan fingerprint density at radius 2 is 1.78 bits per heavy atom. The Morgan fingerprint density at radius 1 is 1.06 bits per heavy atom. The van der Waals surface area contributed by atoms with E-state index in [4.69, 9.17) is 0 Å². The first-order chi connectivity index (χ1) is 8.67. The topological polar surface area (TPSA) is 75.7 Å². The Labute approximate surface area is 107 Å². The van der Waals surface area contributed by atoms with Gasteiger partial charge in [-0.1, -0.05) is 19.3 Å². The molecule has 1 saturated carbocycles. The van der Waals surface area contributed by atoms with Crippen LogP contribution >= 0.6 is 0 Å². The Hall–Kier alpha value is -0.910. The summed E-state index contributed by atoms with van der Waals surface area (Å²) in [6.07, 6.45) is 7.16. The predicted octanol–water partition coefficient (Wildman–Crippen LogP) is 2.10. The molecule has 2 fully saturated rings. The maximum atomic E-state index is 12.0. The molecule has 18 heavy (non-hydrogen) atoms. The van der Waals surface area contributed by atoms with Crippen LogP contribution in [0.2, 0.25) is 0 Å². The number of hydrogen-bond donors (Lipinski definition) is 1. The first-order valence-electron chi connectivity index (χ1n) is 6.80. The van der Waals surface area contributed by atoms with Crippen LogP contribution in [0.4, 0.5) is 0 Å². The molecule has 0 aromatic carbocycles. The maximum absolute atomic E-state index is 12.0. The largest absolute Gasteiger partial charge is 0.262 e. The average Bonchev–Trinajstić information content (AvgIpc) is 2.99. The molecule has 1 aliphatic heterocycles. The fraction of sp³-hybridized carbons (Fsp3) is 0.833. The summed E-state index contributed by atoms with van der Waals surface area (Å²) in [5.41, 5.74) is 0. The number of hydrogen-bond acceptors (Lipinski definition) is 4. The Balaban J connectivity index is 1.83. The van der Waals surface area contributed by atoms with E-state index in [0.717, 1.165) is 31.5 Å². The van der Waals surface area contributed by atoms with Crippen LogP contribution in [0.1, 0.15) is 67.8 Å². The molecule has 0 spiro atoms. The van der Waals surface area contributed by atoms with Crippen molar-refractivity contribution in [3.05, 3.63) is 11.6 Å². The van der Waals surface area contributed by atoms with Crippen LogP contribution in [-0.4, -0.2) is 29.4 Å². The SMILES string of the molecule is O=S1(=O)CCCCC1c1nc(C2CCCC2)n[nH]1. The summed E-state index contributed by atoms with van der Waals surface area (Å²) in [7, 11) is -3.02. The maximum Gasteiger partial charge on any atom is 0.160 e. The van der Waals surface area contributed by atoms with E-state index in [-0.39, 0.29) is 5.75 Å². The van der Waals surface area contributed by atoms with Crippen molar-refractivity contribution < 1.29 is 8.42 Å². The van der Waals surface area contributed by atoms with Crippen LogP contribution < -0.4 is 0 Å². The van der Waals surface area contributed by atoms with Gasteiger partial charge in [-0.15, -0.1) is 0 Å². The van der Waals surface area contributed by atoms with E-state index in [1.807, 2.05) is 0 Å². The summed E-state index contributed by atoms with van der Waals surface area (Å²) in [6.45, 7) is 0. The van der Waals surface area contributed by atoms with Crippen LogP contribution in [0.25, 0.3) is 0 Å². The number of rotatable bonds is 2. The summed E-state index contributed by atoms with van der Waals surface area (Å²) in [4.78, 5) is 4.47. The van der Waals surface area contributed by atoms with Gasteiger partial charge in [-0.25, -0.2) is 13.4 Å². The van der Waals surface area contributed by atoms with Crippen LogP contribution in [0, 0.1) is 0 Å². The van der Waals surface area contributed by atoms with E-state index in [0.29, 0.717) is 18.2 Å². The van der Waals surface area contributed by atoms with E-state index in [2.05, 4.69) is 15.2 Å². The Bertz CT molecular complexity index is 517. The van der Waals surface area contributed by atoms with Crippen molar-refractivity contribution in [2.24, 2.45) is 0 Å². The minimum Gasteiger partial charge on any atom is -0.262 e. The van der Waals surface area contributed by atoms with Gasteiger partial charge >= 0.3 is 0 Å². The van der Waals surface area contributed by atoms with Crippen LogP contribution in [0.15, 0.2) is 0 Å². The van der Waals surface area contributed by atoms with Gasteiger partial charge in [-0.05, 0) is 25.7 Å². The molecule has 5 nitrogen and oxygen atoms in total. The van der Waals surface area contributed by atoms with Crippen molar-refractivity contribution in [1.29, 1.82) is 0 Å². The van der Waals surface area contributed by atoms with Gasteiger partial charge in [0.15, 0.2) is 15.7 Å². The van der Waals surface area contributed by atoms with E-state index in [9.17, 15) is 8.42 Å². The van der Waals surface area contributed by atoms with Gasteiger partial charge in [0.05, 0.1) is 5.75 Å². The van der Waals surface area contributed by atoms with E-state index < -0.39 is 15.1 Å². The molecular formula is C12H19N3O2S. The number of nitrogens with one attached hydrogen (secondary N) is 1. The van der Waals surface area contributed by atoms with Crippen LogP contribution in [0.5, 0.6) is 0 Å². The van der Waals surface area contributed by atoms with Gasteiger partial charge in [-0.2, -0.15) is 5.10 Å². The van der Waals surface area contributed by atoms with E-state index in [1.54, 1.807) is 0 Å². The molecule has 6 heteroatoms. The molecule has 1 aliphatic carbocycles. The predicted molar refractivity (Wildman–Crippen MR) is 68.0 cm³/mol. The smallest absolute Gasteiger partial charge is 0.160 e. The first kappa shape index (κ1) is 12.1. The van der Waals surface area contributed by atoms with Crippen molar-refractivity contribution in [3.63, 3.8) is 0 Å². The highest BCUT2D eigenvalue weighted by molar-refractivity contribution is 7.91. The van der Waals surface area contributed by atoms with Gasteiger partial charge in [0, 0.05) is 5.92 Å². The number of aromatic nitrogens is 3. The lowest BCUT2D eigenvalue weighted by Crippen LogP contribution is -2.22. The highest BCUT2D eigenvalue weighted by Gasteiger charge is 2.33. The second-order valence-corrected chi connectivity index (χ2v) is 7.71. The molecule has 100 valence electrons. The summed E-state index contributed by atoms with van der Waals surface area (Å²) < 4.78 is 24.0. The second kappa shape index (κ2) is 4.64. The molecule has 3 rings (SSSR count). The summed E-state index contributed by atoms with van der Waals surface area (Å²) in [5, 5.41) is 6.66. The quantitative estimate of drug-likeness (QED) is 0.892. The minimum absolute atomic E-state index is 0.289. The molecular weight excluding hydrogens is 250 g/mol. The Kier molecular flexibility index (Phi) is 3.13. The zero-order valence-electron chi connectivity index (χ0n) is 10.4. The molecule has 2 aliphatic rings. The normalized spacial score (nSPS) is 28.6. The Morgan fingerprint density at radius 3 is 2.50 bits per heavy atom. The lowest BCUT2D eigenvalue weighted by atomic mass is 10.1. The van der Waals surface area contributed by atoms with Crippen molar-refractivity contribution >= 4 is 9.84 Å². The number of sulfone groups is 1. The number of nitrogens with zero attached hydrogens (tertiary/aromatic N) is 2. The molecule has 0 radical (unpaired) electrons. The number of aromatic amines is 1. The van der Waals surface area contributed by atoms with Crippen molar-refractivity contribution in [3.8, 4) is 0 Å². The minimum atomic E-state index is -3.02.